The predicted molar refractivity (Wildman–Crippen MR) is 70.2 cm³/mol. The molecule has 2 N–H and O–H groups in total. The molecule has 2 rings (SSSR count). The fraction of sp³-hybridized carbons (Fsp3) is 0.538. The molecule has 0 heterocycles. The van der Waals surface area contributed by atoms with E-state index in [1.807, 2.05) is 19.9 Å². The molecule has 1 saturated carbocycles. The predicted octanol–water partition coefficient (Wildman–Crippen LogP) is 2.27. The molecule has 0 saturated heterocycles. The molecule has 1 aromatic rings. The maximum atomic E-state index is 11.6. The van der Waals surface area contributed by atoms with Crippen molar-refractivity contribution in [2.75, 3.05) is 0 Å². The van der Waals surface area contributed by atoms with E-state index in [1.165, 1.54) is 0 Å². The minimum absolute atomic E-state index is 0.104. The molecule has 4 nitrogen and oxygen atoms in total. The Kier molecular flexibility index (Phi) is 3.64. The Morgan fingerprint density at radius 2 is 1.83 bits per heavy atom. The Labute approximate surface area is 108 Å². The summed E-state index contributed by atoms with van der Waals surface area (Å²) in [5.74, 6) is 0.426. The summed E-state index contributed by atoms with van der Waals surface area (Å²) >= 11 is 0. The fourth-order valence-electron chi connectivity index (χ4n) is 2.45. The van der Waals surface area contributed by atoms with E-state index in [-0.39, 0.29) is 11.0 Å². The van der Waals surface area contributed by atoms with Crippen molar-refractivity contribution < 1.29 is 13.2 Å². The molecule has 0 bridgehead atoms. The van der Waals surface area contributed by atoms with Crippen LogP contribution in [0.1, 0.15) is 36.8 Å². The largest absolute Gasteiger partial charge is 0.489 e. The third-order valence-corrected chi connectivity index (χ3v) is 4.19. The van der Waals surface area contributed by atoms with Gasteiger partial charge in [-0.3, -0.25) is 0 Å². The number of nitrogens with two attached hydrogens (primary N) is 1. The van der Waals surface area contributed by atoms with Gasteiger partial charge in [0.1, 0.15) is 10.6 Å². The third-order valence-electron chi connectivity index (χ3n) is 3.28. The first-order valence-electron chi connectivity index (χ1n) is 6.18. The number of hydrogen-bond acceptors (Lipinski definition) is 3. The summed E-state index contributed by atoms with van der Waals surface area (Å²) < 4.78 is 29.1. The zero-order valence-corrected chi connectivity index (χ0v) is 11.6. The molecule has 1 aliphatic rings. The van der Waals surface area contributed by atoms with Gasteiger partial charge in [0.15, 0.2) is 0 Å². The Hall–Kier alpha value is -1.07. The van der Waals surface area contributed by atoms with Gasteiger partial charge >= 0.3 is 0 Å². The highest BCUT2D eigenvalue weighted by molar-refractivity contribution is 7.89. The number of sulfonamides is 1. The van der Waals surface area contributed by atoms with E-state index in [0.29, 0.717) is 5.75 Å². The second-order valence-electron chi connectivity index (χ2n) is 4.98. The summed E-state index contributed by atoms with van der Waals surface area (Å²) in [6, 6.07) is 3.49. The van der Waals surface area contributed by atoms with Crippen LogP contribution in [0.15, 0.2) is 17.0 Å². The second-order valence-corrected chi connectivity index (χ2v) is 6.51. The van der Waals surface area contributed by atoms with Gasteiger partial charge in [-0.25, -0.2) is 13.6 Å². The molecule has 1 fully saturated rings. The molecule has 0 atom stereocenters. The molecule has 0 aliphatic heterocycles. The van der Waals surface area contributed by atoms with Gasteiger partial charge < -0.3 is 4.74 Å². The monoisotopic (exact) mass is 269 g/mol. The average molecular weight is 269 g/mol. The Morgan fingerprint density at radius 1 is 1.22 bits per heavy atom. The molecular weight excluding hydrogens is 250 g/mol. The van der Waals surface area contributed by atoms with E-state index in [9.17, 15) is 8.42 Å². The Bertz CT molecular complexity index is 546. The molecule has 0 amide bonds. The van der Waals surface area contributed by atoms with Crippen molar-refractivity contribution in [2.24, 2.45) is 5.14 Å². The van der Waals surface area contributed by atoms with Crippen LogP contribution in [-0.4, -0.2) is 14.5 Å². The van der Waals surface area contributed by atoms with E-state index in [1.54, 1.807) is 6.07 Å². The molecule has 100 valence electrons. The van der Waals surface area contributed by atoms with Gasteiger partial charge in [0, 0.05) is 0 Å². The van der Waals surface area contributed by atoms with Gasteiger partial charge in [0.2, 0.25) is 10.0 Å². The smallest absolute Gasteiger partial charge is 0.241 e. The number of hydrogen-bond donors (Lipinski definition) is 1. The van der Waals surface area contributed by atoms with Gasteiger partial charge in [-0.1, -0.05) is 6.07 Å². The quantitative estimate of drug-likeness (QED) is 0.915. The maximum absolute atomic E-state index is 11.6. The van der Waals surface area contributed by atoms with Crippen molar-refractivity contribution in [3.05, 3.63) is 23.3 Å². The van der Waals surface area contributed by atoms with Crippen LogP contribution >= 0.6 is 0 Å². The topological polar surface area (TPSA) is 69.4 Å². The highest BCUT2D eigenvalue weighted by atomic mass is 32.2. The summed E-state index contributed by atoms with van der Waals surface area (Å²) in [6.07, 6.45) is 4.36. The van der Waals surface area contributed by atoms with Crippen LogP contribution in [0.25, 0.3) is 0 Å². The van der Waals surface area contributed by atoms with Gasteiger partial charge in [0.05, 0.1) is 6.10 Å². The van der Waals surface area contributed by atoms with Crippen LogP contribution in [0.2, 0.25) is 0 Å². The van der Waals surface area contributed by atoms with Crippen LogP contribution in [0, 0.1) is 13.8 Å². The Balaban J connectivity index is 2.43. The highest BCUT2D eigenvalue weighted by Gasteiger charge is 2.23. The van der Waals surface area contributed by atoms with Crippen molar-refractivity contribution in [1.82, 2.24) is 0 Å². The number of benzene rings is 1. The number of ether oxygens (including phenoxy) is 1. The van der Waals surface area contributed by atoms with Crippen LogP contribution in [0.3, 0.4) is 0 Å². The fourth-order valence-corrected chi connectivity index (χ4v) is 3.27. The van der Waals surface area contributed by atoms with Crippen molar-refractivity contribution in [1.29, 1.82) is 0 Å². The molecule has 0 radical (unpaired) electrons. The number of rotatable bonds is 3. The van der Waals surface area contributed by atoms with Gasteiger partial charge in [-0.15, -0.1) is 0 Å². The molecule has 18 heavy (non-hydrogen) atoms. The minimum atomic E-state index is -3.75. The third kappa shape index (κ3) is 2.84. The zero-order chi connectivity index (χ0) is 13.3. The Morgan fingerprint density at radius 3 is 2.39 bits per heavy atom. The second kappa shape index (κ2) is 4.90. The normalized spacial score (nSPS) is 17.1. The van der Waals surface area contributed by atoms with E-state index < -0.39 is 10.0 Å². The molecule has 5 heteroatoms. The van der Waals surface area contributed by atoms with Crippen LogP contribution in [0.5, 0.6) is 5.75 Å². The molecule has 0 unspecified atom stereocenters. The summed E-state index contributed by atoms with van der Waals surface area (Å²) in [7, 11) is -3.75. The van der Waals surface area contributed by atoms with Crippen molar-refractivity contribution in [2.45, 2.75) is 50.5 Å². The van der Waals surface area contributed by atoms with Gasteiger partial charge in [-0.05, 0) is 56.7 Å². The first-order valence-corrected chi connectivity index (χ1v) is 7.73. The lowest BCUT2D eigenvalue weighted by atomic mass is 10.1. The van der Waals surface area contributed by atoms with Crippen LogP contribution in [-0.2, 0) is 10.0 Å². The first kappa shape index (κ1) is 13.4. The number of aryl methyl sites for hydroxylation is 2. The maximum Gasteiger partial charge on any atom is 0.241 e. The standard InChI is InChI=1S/C13H19NO3S/c1-9-7-10(2)13(12(8-9)18(14,15)16)17-11-5-3-4-6-11/h7-8,11H,3-6H2,1-2H3,(H2,14,15,16). The minimum Gasteiger partial charge on any atom is -0.489 e. The molecule has 0 spiro atoms. The molecule has 1 aliphatic carbocycles. The lowest BCUT2D eigenvalue weighted by molar-refractivity contribution is 0.203. The summed E-state index contributed by atoms with van der Waals surface area (Å²) in [6.45, 7) is 3.70. The lowest BCUT2D eigenvalue weighted by Gasteiger charge is -2.18. The lowest BCUT2D eigenvalue weighted by Crippen LogP contribution is -2.18. The average Bonchev–Trinajstić information content (AvgIpc) is 2.72. The molecular formula is C13H19NO3S. The molecule has 1 aromatic carbocycles. The zero-order valence-electron chi connectivity index (χ0n) is 10.8. The SMILES string of the molecule is Cc1cc(C)c(OC2CCCC2)c(S(N)(=O)=O)c1. The van der Waals surface area contributed by atoms with E-state index >= 15 is 0 Å². The van der Waals surface area contributed by atoms with Crippen molar-refractivity contribution in [3.63, 3.8) is 0 Å². The van der Waals surface area contributed by atoms with Crippen molar-refractivity contribution >= 4 is 10.0 Å². The van der Waals surface area contributed by atoms with Crippen LogP contribution in [0.4, 0.5) is 0 Å². The van der Waals surface area contributed by atoms with E-state index in [4.69, 9.17) is 9.88 Å². The van der Waals surface area contributed by atoms with Crippen LogP contribution < -0.4 is 9.88 Å². The summed E-state index contributed by atoms with van der Waals surface area (Å²) in [5, 5.41) is 5.26. The van der Waals surface area contributed by atoms with E-state index in [0.717, 1.165) is 36.8 Å². The van der Waals surface area contributed by atoms with Crippen molar-refractivity contribution in [3.8, 4) is 5.75 Å². The van der Waals surface area contributed by atoms with Gasteiger partial charge in [0.25, 0.3) is 0 Å². The number of primary sulfonamides is 1. The molecule has 0 aromatic heterocycles. The summed E-state index contributed by atoms with van der Waals surface area (Å²) in [5.41, 5.74) is 1.70. The first-order chi connectivity index (χ1) is 8.38. The van der Waals surface area contributed by atoms with Gasteiger partial charge in [-0.2, -0.15) is 0 Å². The summed E-state index contributed by atoms with van der Waals surface area (Å²) in [4.78, 5) is 0.104. The highest BCUT2D eigenvalue weighted by Crippen LogP contribution is 2.32. The van der Waals surface area contributed by atoms with E-state index in [2.05, 4.69) is 0 Å².